The second kappa shape index (κ2) is 9.05. The molecule has 1 saturated heterocycles. The quantitative estimate of drug-likeness (QED) is 0.623. The fourth-order valence-corrected chi connectivity index (χ4v) is 4.21. The van der Waals surface area contributed by atoms with Gasteiger partial charge in [0.15, 0.2) is 0 Å². The summed E-state index contributed by atoms with van der Waals surface area (Å²) >= 11 is 0. The van der Waals surface area contributed by atoms with E-state index in [1.165, 1.54) is 43.2 Å². The van der Waals surface area contributed by atoms with Crippen LogP contribution in [0.5, 0.6) is 5.75 Å². The Labute approximate surface area is 152 Å². The molecule has 1 fully saturated rings. The zero-order chi connectivity index (χ0) is 17.5. The second-order valence-electron chi connectivity index (χ2n) is 7.19. The number of rotatable bonds is 8. The van der Waals surface area contributed by atoms with E-state index in [1.807, 2.05) is 0 Å². The Bertz CT molecular complexity index is 622. The number of unbranched alkanes of at least 4 members (excludes halogenated alkanes) is 3. The molecule has 0 radical (unpaired) electrons. The molecule has 0 unspecified atom stereocenters. The number of nitrogens with one attached hydrogen (secondary N) is 1. The highest BCUT2D eigenvalue weighted by atomic mass is 16.5. The average Bonchev–Trinajstić information content (AvgIpc) is 3.10. The summed E-state index contributed by atoms with van der Waals surface area (Å²) in [6, 6.07) is 20.1. The molecule has 1 N–H and O–H groups in total. The Morgan fingerprint density at radius 2 is 1.68 bits per heavy atom. The number of hydrogen-bond acceptors (Lipinski definition) is 2. The van der Waals surface area contributed by atoms with Crippen LogP contribution in [0.4, 0.5) is 0 Å². The molecule has 3 atom stereocenters. The molecule has 1 heterocycles. The minimum Gasteiger partial charge on any atom is -0.497 e. The van der Waals surface area contributed by atoms with E-state index in [0.29, 0.717) is 17.9 Å². The summed E-state index contributed by atoms with van der Waals surface area (Å²) in [4.78, 5) is 0. The molecule has 134 valence electrons. The van der Waals surface area contributed by atoms with E-state index in [2.05, 4.69) is 66.8 Å². The Morgan fingerprint density at radius 1 is 0.920 bits per heavy atom. The highest BCUT2D eigenvalue weighted by Crippen LogP contribution is 2.42. The maximum Gasteiger partial charge on any atom is 0.118 e. The Morgan fingerprint density at radius 3 is 2.36 bits per heavy atom. The number of ether oxygens (including phenoxy) is 1. The second-order valence-corrected chi connectivity index (χ2v) is 7.19. The molecular weight excluding hydrogens is 306 g/mol. The predicted molar refractivity (Wildman–Crippen MR) is 105 cm³/mol. The van der Waals surface area contributed by atoms with Crippen LogP contribution in [0.15, 0.2) is 54.6 Å². The molecule has 2 aromatic rings. The molecule has 2 nitrogen and oxygen atoms in total. The largest absolute Gasteiger partial charge is 0.497 e. The van der Waals surface area contributed by atoms with Crippen molar-refractivity contribution < 1.29 is 4.74 Å². The van der Waals surface area contributed by atoms with Gasteiger partial charge in [-0.1, -0.05) is 75.1 Å². The molecule has 0 amide bonds. The van der Waals surface area contributed by atoms with E-state index in [9.17, 15) is 0 Å². The SMILES string of the molecule is CCCCCC[C@@H]1[C@@H](c2ccc(OC)cc2)CN[C@@H]1c1ccccc1. The van der Waals surface area contributed by atoms with Gasteiger partial charge in [0.1, 0.15) is 5.75 Å². The predicted octanol–water partition coefficient (Wildman–Crippen LogP) is 5.71. The van der Waals surface area contributed by atoms with Gasteiger partial charge in [0.05, 0.1) is 7.11 Å². The van der Waals surface area contributed by atoms with E-state index in [-0.39, 0.29) is 0 Å². The summed E-state index contributed by atoms with van der Waals surface area (Å²) < 4.78 is 5.33. The highest BCUT2D eigenvalue weighted by molar-refractivity contribution is 5.32. The molecule has 1 aliphatic heterocycles. The zero-order valence-electron chi connectivity index (χ0n) is 15.6. The van der Waals surface area contributed by atoms with E-state index in [1.54, 1.807) is 7.11 Å². The van der Waals surface area contributed by atoms with Crippen LogP contribution in [0.2, 0.25) is 0 Å². The topological polar surface area (TPSA) is 21.3 Å². The molecule has 2 aromatic carbocycles. The Kier molecular flexibility index (Phi) is 6.52. The van der Waals surface area contributed by atoms with Crippen molar-refractivity contribution in [3.63, 3.8) is 0 Å². The highest BCUT2D eigenvalue weighted by Gasteiger charge is 2.36. The Balaban J connectivity index is 1.78. The van der Waals surface area contributed by atoms with Crippen molar-refractivity contribution in [1.29, 1.82) is 0 Å². The minimum atomic E-state index is 0.468. The molecular formula is C23H31NO. The first-order valence-corrected chi connectivity index (χ1v) is 9.75. The summed E-state index contributed by atoms with van der Waals surface area (Å²) in [6.45, 7) is 3.34. The summed E-state index contributed by atoms with van der Waals surface area (Å²) in [6.07, 6.45) is 6.62. The lowest BCUT2D eigenvalue weighted by Crippen LogP contribution is -2.18. The number of hydrogen-bond donors (Lipinski definition) is 1. The van der Waals surface area contributed by atoms with Crippen LogP contribution in [0.25, 0.3) is 0 Å². The third kappa shape index (κ3) is 4.43. The zero-order valence-corrected chi connectivity index (χ0v) is 15.6. The van der Waals surface area contributed by atoms with Crippen LogP contribution in [-0.4, -0.2) is 13.7 Å². The molecule has 0 saturated carbocycles. The van der Waals surface area contributed by atoms with E-state index in [0.717, 1.165) is 12.3 Å². The monoisotopic (exact) mass is 337 g/mol. The van der Waals surface area contributed by atoms with Gasteiger partial charge >= 0.3 is 0 Å². The van der Waals surface area contributed by atoms with Gasteiger partial charge in [-0.25, -0.2) is 0 Å². The lowest BCUT2D eigenvalue weighted by Gasteiger charge is -2.25. The molecule has 0 spiro atoms. The van der Waals surface area contributed by atoms with Crippen molar-refractivity contribution in [3.8, 4) is 5.75 Å². The van der Waals surface area contributed by atoms with Gasteiger partial charge < -0.3 is 10.1 Å². The summed E-state index contributed by atoms with van der Waals surface area (Å²) in [7, 11) is 1.73. The average molecular weight is 338 g/mol. The van der Waals surface area contributed by atoms with Crippen LogP contribution in [0, 0.1) is 5.92 Å². The van der Waals surface area contributed by atoms with Gasteiger partial charge in [-0.2, -0.15) is 0 Å². The third-order valence-electron chi connectivity index (χ3n) is 5.60. The van der Waals surface area contributed by atoms with Crippen LogP contribution in [-0.2, 0) is 0 Å². The van der Waals surface area contributed by atoms with Crippen molar-refractivity contribution in [2.24, 2.45) is 5.92 Å². The lowest BCUT2D eigenvalue weighted by atomic mass is 9.80. The van der Waals surface area contributed by atoms with E-state index >= 15 is 0 Å². The molecule has 1 aliphatic rings. The smallest absolute Gasteiger partial charge is 0.118 e. The Hall–Kier alpha value is -1.80. The van der Waals surface area contributed by atoms with Gasteiger partial charge in [0, 0.05) is 18.5 Å². The van der Waals surface area contributed by atoms with Crippen molar-refractivity contribution >= 4 is 0 Å². The first-order valence-electron chi connectivity index (χ1n) is 9.75. The first kappa shape index (κ1) is 18.0. The van der Waals surface area contributed by atoms with Gasteiger partial charge in [0.25, 0.3) is 0 Å². The first-order chi connectivity index (χ1) is 12.3. The minimum absolute atomic E-state index is 0.468. The van der Waals surface area contributed by atoms with Crippen molar-refractivity contribution in [2.75, 3.05) is 13.7 Å². The van der Waals surface area contributed by atoms with Crippen LogP contribution >= 0.6 is 0 Å². The molecule has 0 aromatic heterocycles. The summed E-state index contributed by atoms with van der Waals surface area (Å²) in [5.41, 5.74) is 2.87. The third-order valence-corrected chi connectivity index (χ3v) is 5.60. The van der Waals surface area contributed by atoms with Gasteiger partial charge in [-0.15, -0.1) is 0 Å². The normalized spacial score (nSPS) is 22.9. The van der Waals surface area contributed by atoms with Crippen LogP contribution in [0.3, 0.4) is 0 Å². The fraction of sp³-hybridized carbons (Fsp3) is 0.478. The van der Waals surface area contributed by atoms with Gasteiger partial charge in [-0.3, -0.25) is 0 Å². The summed E-state index contributed by atoms with van der Waals surface area (Å²) in [5.74, 6) is 2.18. The number of methoxy groups -OCH3 is 1. The molecule has 2 heteroatoms. The summed E-state index contributed by atoms with van der Waals surface area (Å²) in [5, 5.41) is 3.81. The lowest BCUT2D eigenvalue weighted by molar-refractivity contribution is 0.381. The molecule has 25 heavy (non-hydrogen) atoms. The fourth-order valence-electron chi connectivity index (χ4n) is 4.21. The maximum absolute atomic E-state index is 5.33. The van der Waals surface area contributed by atoms with Gasteiger partial charge in [0.2, 0.25) is 0 Å². The number of benzene rings is 2. The van der Waals surface area contributed by atoms with Crippen molar-refractivity contribution in [1.82, 2.24) is 5.32 Å². The van der Waals surface area contributed by atoms with Crippen molar-refractivity contribution in [2.45, 2.75) is 51.0 Å². The standard InChI is InChI=1S/C23H31NO/c1-3-4-5-9-12-21-22(18-13-15-20(25-2)16-14-18)17-24-23(21)19-10-7-6-8-11-19/h6-8,10-11,13-16,21-24H,3-5,9,12,17H2,1-2H3/t21-,22-,23-/m1/s1. The van der Waals surface area contributed by atoms with Crippen LogP contribution in [0.1, 0.15) is 62.1 Å². The maximum atomic E-state index is 5.33. The van der Waals surface area contributed by atoms with E-state index in [4.69, 9.17) is 4.74 Å². The molecule has 3 rings (SSSR count). The van der Waals surface area contributed by atoms with Crippen molar-refractivity contribution in [3.05, 3.63) is 65.7 Å². The molecule has 0 bridgehead atoms. The van der Waals surface area contributed by atoms with E-state index < -0.39 is 0 Å². The van der Waals surface area contributed by atoms with Crippen LogP contribution < -0.4 is 10.1 Å². The molecule has 0 aliphatic carbocycles. The van der Waals surface area contributed by atoms with Gasteiger partial charge in [-0.05, 0) is 35.6 Å².